The van der Waals surface area contributed by atoms with E-state index in [-0.39, 0.29) is 0 Å². The van der Waals surface area contributed by atoms with E-state index in [9.17, 15) is 0 Å². The number of benzene rings is 1. The summed E-state index contributed by atoms with van der Waals surface area (Å²) in [4.78, 5) is 17.9. The molecule has 0 saturated heterocycles. The van der Waals surface area contributed by atoms with Crippen LogP contribution < -0.4 is 10.2 Å². The summed E-state index contributed by atoms with van der Waals surface area (Å²) in [6.07, 6.45) is 3.54. The summed E-state index contributed by atoms with van der Waals surface area (Å²) >= 11 is 1.67. The van der Waals surface area contributed by atoms with Crippen molar-refractivity contribution in [2.75, 3.05) is 24.3 Å². The number of aromatic nitrogens is 3. The molecule has 0 bridgehead atoms. The van der Waals surface area contributed by atoms with E-state index in [1.54, 1.807) is 23.7 Å². The van der Waals surface area contributed by atoms with Crippen LogP contribution in [0.25, 0.3) is 21.6 Å². The summed E-state index contributed by atoms with van der Waals surface area (Å²) in [6, 6.07) is 14.3. The Morgan fingerprint density at radius 2 is 1.85 bits per heavy atom. The first-order valence-corrected chi connectivity index (χ1v) is 9.15. The van der Waals surface area contributed by atoms with Crippen molar-refractivity contribution < 1.29 is 0 Å². The van der Waals surface area contributed by atoms with Gasteiger partial charge in [-0.1, -0.05) is 0 Å². The maximum absolute atomic E-state index is 4.77. The van der Waals surface area contributed by atoms with Gasteiger partial charge in [0.25, 0.3) is 0 Å². The lowest BCUT2D eigenvalue weighted by Gasteiger charge is -2.13. The molecular formula is C20H19N5S. The molecule has 0 aliphatic heterocycles. The number of nitrogens with zero attached hydrogens (tertiary/aromatic N) is 4. The van der Waals surface area contributed by atoms with Crippen molar-refractivity contribution >= 4 is 38.7 Å². The molecule has 0 amide bonds. The van der Waals surface area contributed by atoms with E-state index in [0.29, 0.717) is 5.82 Å². The smallest absolute Gasteiger partial charge is 0.164 e. The topological polar surface area (TPSA) is 53.9 Å². The van der Waals surface area contributed by atoms with Crippen LogP contribution in [0.5, 0.6) is 0 Å². The van der Waals surface area contributed by atoms with Crippen molar-refractivity contribution in [2.45, 2.75) is 6.92 Å². The molecule has 4 aromatic rings. The van der Waals surface area contributed by atoms with Crippen LogP contribution >= 0.6 is 11.3 Å². The molecule has 0 fully saturated rings. The number of anilines is 3. The zero-order chi connectivity index (χ0) is 18.1. The minimum Gasteiger partial charge on any atom is -0.378 e. The van der Waals surface area contributed by atoms with E-state index in [2.05, 4.69) is 52.5 Å². The standard InChI is InChI=1S/C20H19N5S/c1-13-11-17-19(22-15-6-8-16(9-7-15)25(2)3)23-18(24-20(17)26-13)14-5-4-10-21-12-14/h4-12H,1-3H3,(H,22,23,24). The summed E-state index contributed by atoms with van der Waals surface area (Å²) in [5.41, 5.74) is 3.06. The zero-order valence-electron chi connectivity index (χ0n) is 14.9. The van der Waals surface area contributed by atoms with Crippen LogP contribution in [-0.4, -0.2) is 29.0 Å². The Morgan fingerprint density at radius 3 is 2.54 bits per heavy atom. The molecule has 6 heteroatoms. The van der Waals surface area contributed by atoms with Gasteiger partial charge >= 0.3 is 0 Å². The van der Waals surface area contributed by atoms with E-state index in [1.165, 1.54) is 4.88 Å². The normalized spacial score (nSPS) is 10.9. The Labute approximate surface area is 156 Å². The number of thiophene rings is 1. The van der Waals surface area contributed by atoms with Gasteiger partial charge in [0.15, 0.2) is 5.82 Å². The van der Waals surface area contributed by atoms with Crippen LogP contribution in [0, 0.1) is 6.92 Å². The summed E-state index contributed by atoms with van der Waals surface area (Å²) < 4.78 is 0. The SMILES string of the molecule is Cc1cc2c(Nc3ccc(N(C)C)cc3)nc(-c3cccnc3)nc2s1. The van der Waals surface area contributed by atoms with Crippen LogP contribution in [0.15, 0.2) is 54.9 Å². The second-order valence-corrected chi connectivity index (χ2v) is 7.51. The fourth-order valence-electron chi connectivity index (χ4n) is 2.74. The summed E-state index contributed by atoms with van der Waals surface area (Å²) in [6.45, 7) is 2.09. The number of aryl methyl sites for hydroxylation is 1. The van der Waals surface area contributed by atoms with Crippen molar-refractivity contribution in [3.05, 3.63) is 59.7 Å². The first kappa shape index (κ1) is 16.5. The van der Waals surface area contributed by atoms with E-state index in [1.807, 2.05) is 26.2 Å². The fraction of sp³-hybridized carbons (Fsp3) is 0.150. The molecule has 0 aliphatic carbocycles. The Hall–Kier alpha value is -2.99. The van der Waals surface area contributed by atoms with Crippen LogP contribution in [0.3, 0.4) is 0 Å². The summed E-state index contributed by atoms with van der Waals surface area (Å²) in [5, 5.41) is 4.49. The maximum atomic E-state index is 4.77. The average molecular weight is 361 g/mol. The van der Waals surface area contributed by atoms with Crippen LogP contribution in [-0.2, 0) is 0 Å². The lowest BCUT2D eigenvalue weighted by Crippen LogP contribution is -2.08. The molecule has 0 atom stereocenters. The monoisotopic (exact) mass is 361 g/mol. The van der Waals surface area contributed by atoms with E-state index in [4.69, 9.17) is 9.97 Å². The number of fused-ring (bicyclic) bond motifs is 1. The van der Waals surface area contributed by atoms with Crippen molar-refractivity contribution in [3.63, 3.8) is 0 Å². The Bertz CT molecular complexity index is 1040. The number of hydrogen-bond donors (Lipinski definition) is 1. The molecule has 0 spiro atoms. The zero-order valence-corrected chi connectivity index (χ0v) is 15.7. The molecule has 0 saturated carbocycles. The average Bonchev–Trinajstić information content (AvgIpc) is 3.03. The molecule has 0 aliphatic rings. The summed E-state index contributed by atoms with van der Waals surface area (Å²) in [7, 11) is 4.06. The van der Waals surface area contributed by atoms with Crippen LogP contribution in [0.4, 0.5) is 17.2 Å². The molecule has 4 rings (SSSR count). The predicted octanol–water partition coefficient (Wildman–Crippen LogP) is 4.87. The third kappa shape index (κ3) is 3.23. The highest BCUT2D eigenvalue weighted by atomic mass is 32.1. The van der Waals surface area contributed by atoms with Gasteiger partial charge < -0.3 is 10.2 Å². The molecule has 26 heavy (non-hydrogen) atoms. The van der Waals surface area contributed by atoms with E-state index >= 15 is 0 Å². The predicted molar refractivity (Wildman–Crippen MR) is 109 cm³/mol. The second kappa shape index (κ2) is 6.72. The van der Waals surface area contributed by atoms with Gasteiger partial charge in [0.1, 0.15) is 10.6 Å². The number of rotatable bonds is 4. The van der Waals surface area contributed by atoms with Gasteiger partial charge in [-0.3, -0.25) is 4.98 Å². The third-order valence-corrected chi connectivity index (χ3v) is 5.03. The molecule has 5 nitrogen and oxygen atoms in total. The third-order valence-electron chi connectivity index (χ3n) is 4.08. The molecule has 1 aromatic carbocycles. The van der Waals surface area contributed by atoms with Gasteiger partial charge in [-0.25, -0.2) is 9.97 Å². The number of pyridine rings is 1. The molecular weight excluding hydrogens is 342 g/mol. The lowest BCUT2D eigenvalue weighted by atomic mass is 10.2. The van der Waals surface area contributed by atoms with Gasteiger partial charge in [-0.15, -0.1) is 11.3 Å². The molecule has 130 valence electrons. The Morgan fingerprint density at radius 1 is 1.04 bits per heavy atom. The lowest BCUT2D eigenvalue weighted by molar-refractivity contribution is 1.13. The van der Waals surface area contributed by atoms with Crippen molar-refractivity contribution in [3.8, 4) is 11.4 Å². The van der Waals surface area contributed by atoms with Crippen molar-refractivity contribution in [2.24, 2.45) is 0 Å². The maximum Gasteiger partial charge on any atom is 0.164 e. The number of nitrogens with one attached hydrogen (secondary N) is 1. The van der Waals surface area contributed by atoms with Crippen molar-refractivity contribution in [1.82, 2.24) is 15.0 Å². The molecule has 0 radical (unpaired) electrons. The highest BCUT2D eigenvalue weighted by Crippen LogP contribution is 2.32. The first-order chi connectivity index (χ1) is 12.6. The van der Waals surface area contributed by atoms with Gasteiger partial charge in [0.05, 0.1) is 5.39 Å². The van der Waals surface area contributed by atoms with Crippen LogP contribution in [0.1, 0.15) is 4.88 Å². The largest absolute Gasteiger partial charge is 0.378 e. The van der Waals surface area contributed by atoms with Crippen molar-refractivity contribution in [1.29, 1.82) is 0 Å². The van der Waals surface area contributed by atoms with E-state index < -0.39 is 0 Å². The minimum atomic E-state index is 0.680. The van der Waals surface area contributed by atoms with Gasteiger partial charge in [0, 0.05) is 48.3 Å². The minimum absolute atomic E-state index is 0.680. The van der Waals surface area contributed by atoms with Gasteiger partial charge in [-0.2, -0.15) is 0 Å². The summed E-state index contributed by atoms with van der Waals surface area (Å²) in [5.74, 6) is 1.50. The van der Waals surface area contributed by atoms with E-state index in [0.717, 1.165) is 33.0 Å². The number of hydrogen-bond acceptors (Lipinski definition) is 6. The highest BCUT2D eigenvalue weighted by molar-refractivity contribution is 7.18. The quantitative estimate of drug-likeness (QED) is 0.562. The van der Waals surface area contributed by atoms with Gasteiger partial charge in [-0.05, 0) is 49.4 Å². The van der Waals surface area contributed by atoms with Crippen LogP contribution in [0.2, 0.25) is 0 Å². The Kier molecular flexibility index (Phi) is 4.26. The highest BCUT2D eigenvalue weighted by Gasteiger charge is 2.12. The molecule has 1 N–H and O–H groups in total. The molecule has 3 heterocycles. The first-order valence-electron chi connectivity index (χ1n) is 8.33. The molecule has 3 aromatic heterocycles. The molecule has 0 unspecified atom stereocenters. The fourth-order valence-corrected chi connectivity index (χ4v) is 3.62. The Balaban J connectivity index is 1.77. The second-order valence-electron chi connectivity index (χ2n) is 6.28. The van der Waals surface area contributed by atoms with Gasteiger partial charge in [0.2, 0.25) is 0 Å².